The lowest BCUT2D eigenvalue weighted by Gasteiger charge is -2.33. The Hall–Kier alpha value is -1.05. The summed E-state index contributed by atoms with van der Waals surface area (Å²) in [6.45, 7) is 2.09. The second kappa shape index (κ2) is 4.91. The van der Waals surface area contributed by atoms with Crippen molar-refractivity contribution in [3.05, 3.63) is 24.0 Å². The molecule has 0 saturated heterocycles. The SMILES string of the molecule is CC1CC(NS(=O)(=O)c2cccnc2C(N)=S)C1. The standard InChI is InChI=1S/C11H15N3O2S2/c1-7-5-8(6-7)14-18(15,16)9-3-2-4-13-10(9)11(12)17/h2-4,7-8,14H,5-6H2,1H3,(H2,12,17). The fourth-order valence-electron chi connectivity index (χ4n) is 2.07. The normalized spacial score (nSPS) is 23.4. The Balaban J connectivity index is 2.27. The van der Waals surface area contributed by atoms with Crippen LogP contribution in [0.5, 0.6) is 0 Å². The zero-order valence-electron chi connectivity index (χ0n) is 9.96. The van der Waals surface area contributed by atoms with E-state index in [0.717, 1.165) is 12.8 Å². The Morgan fingerprint density at radius 1 is 1.56 bits per heavy atom. The largest absolute Gasteiger partial charge is 0.388 e. The third-order valence-corrected chi connectivity index (χ3v) is 4.73. The van der Waals surface area contributed by atoms with Gasteiger partial charge in [-0.3, -0.25) is 4.98 Å². The molecule has 0 amide bonds. The first-order valence-electron chi connectivity index (χ1n) is 5.67. The van der Waals surface area contributed by atoms with Gasteiger partial charge in [-0.1, -0.05) is 19.1 Å². The predicted molar refractivity (Wildman–Crippen MR) is 72.6 cm³/mol. The topological polar surface area (TPSA) is 85.1 Å². The number of nitrogens with one attached hydrogen (secondary N) is 1. The van der Waals surface area contributed by atoms with Crippen LogP contribution in [0.2, 0.25) is 0 Å². The van der Waals surface area contributed by atoms with Gasteiger partial charge in [0, 0.05) is 12.2 Å². The molecule has 7 heteroatoms. The molecule has 0 aliphatic heterocycles. The molecule has 1 aliphatic carbocycles. The molecule has 1 aromatic rings. The van der Waals surface area contributed by atoms with Gasteiger partial charge in [-0.15, -0.1) is 0 Å². The highest BCUT2D eigenvalue weighted by molar-refractivity contribution is 7.89. The summed E-state index contributed by atoms with van der Waals surface area (Å²) >= 11 is 4.82. The van der Waals surface area contributed by atoms with E-state index in [1.54, 1.807) is 6.07 Å². The Morgan fingerprint density at radius 2 is 2.22 bits per heavy atom. The van der Waals surface area contributed by atoms with Crippen LogP contribution in [0.4, 0.5) is 0 Å². The quantitative estimate of drug-likeness (QED) is 0.799. The summed E-state index contributed by atoms with van der Waals surface area (Å²) in [6, 6.07) is 3.02. The number of nitrogens with zero attached hydrogens (tertiary/aromatic N) is 1. The molecule has 2 rings (SSSR count). The average Bonchev–Trinajstić information content (AvgIpc) is 2.26. The first kappa shape index (κ1) is 13.4. The Bertz CT molecular complexity index is 565. The van der Waals surface area contributed by atoms with Crippen LogP contribution in [0.1, 0.15) is 25.5 Å². The zero-order chi connectivity index (χ0) is 13.3. The van der Waals surface area contributed by atoms with Crippen LogP contribution in [0.3, 0.4) is 0 Å². The van der Waals surface area contributed by atoms with Crippen molar-refractivity contribution in [2.75, 3.05) is 0 Å². The fourth-order valence-corrected chi connectivity index (χ4v) is 3.73. The summed E-state index contributed by atoms with van der Waals surface area (Å²) in [7, 11) is -3.60. The van der Waals surface area contributed by atoms with E-state index in [-0.39, 0.29) is 21.6 Å². The lowest BCUT2D eigenvalue weighted by molar-refractivity contribution is 0.270. The molecule has 1 aliphatic rings. The van der Waals surface area contributed by atoms with Crippen LogP contribution >= 0.6 is 12.2 Å². The second-order valence-electron chi connectivity index (χ2n) is 4.61. The van der Waals surface area contributed by atoms with Crippen molar-refractivity contribution in [1.82, 2.24) is 9.71 Å². The number of sulfonamides is 1. The van der Waals surface area contributed by atoms with Crippen molar-refractivity contribution >= 4 is 27.2 Å². The highest BCUT2D eigenvalue weighted by atomic mass is 32.2. The molecule has 0 spiro atoms. The molecule has 1 heterocycles. The molecule has 0 bridgehead atoms. The monoisotopic (exact) mass is 285 g/mol. The summed E-state index contributed by atoms with van der Waals surface area (Å²) < 4.78 is 27.1. The highest BCUT2D eigenvalue weighted by Crippen LogP contribution is 2.28. The Labute approximate surface area is 112 Å². The van der Waals surface area contributed by atoms with E-state index in [2.05, 4.69) is 16.6 Å². The van der Waals surface area contributed by atoms with Gasteiger partial charge in [0.2, 0.25) is 10.0 Å². The predicted octanol–water partition coefficient (Wildman–Crippen LogP) is 0.793. The van der Waals surface area contributed by atoms with E-state index in [4.69, 9.17) is 18.0 Å². The van der Waals surface area contributed by atoms with Gasteiger partial charge in [0.1, 0.15) is 15.6 Å². The van der Waals surface area contributed by atoms with Crippen molar-refractivity contribution in [2.24, 2.45) is 11.7 Å². The van der Waals surface area contributed by atoms with Gasteiger partial charge in [0.15, 0.2) is 0 Å². The highest BCUT2D eigenvalue weighted by Gasteiger charge is 2.31. The van der Waals surface area contributed by atoms with Gasteiger partial charge in [-0.05, 0) is 30.9 Å². The number of nitrogens with two attached hydrogens (primary N) is 1. The van der Waals surface area contributed by atoms with Crippen LogP contribution in [-0.4, -0.2) is 24.4 Å². The minimum Gasteiger partial charge on any atom is -0.388 e. The number of rotatable bonds is 4. The number of thiocarbonyl (C=S) groups is 1. The van der Waals surface area contributed by atoms with Crippen molar-refractivity contribution in [3.8, 4) is 0 Å². The third kappa shape index (κ3) is 2.68. The van der Waals surface area contributed by atoms with Gasteiger partial charge in [-0.25, -0.2) is 13.1 Å². The van der Waals surface area contributed by atoms with Crippen LogP contribution < -0.4 is 10.5 Å². The smallest absolute Gasteiger partial charge is 0.243 e. The molecule has 5 nitrogen and oxygen atoms in total. The van der Waals surface area contributed by atoms with Crippen LogP contribution in [-0.2, 0) is 10.0 Å². The molecular formula is C11H15N3O2S2. The van der Waals surface area contributed by atoms with E-state index in [0.29, 0.717) is 5.92 Å². The first-order valence-corrected chi connectivity index (χ1v) is 7.56. The summed E-state index contributed by atoms with van der Waals surface area (Å²) in [5.74, 6) is 0.571. The molecule has 1 fully saturated rings. The lowest BCUT2D eigenvalue weighted by Crippen LogP contribution is -2.43. The van der Waals surface area contributed by atoms with Crippen LogP contribution in [0, 0.1) is 5.92 Å². The second-order valence-corrected chi connectivity index (χ2v) is 6.73. The Kier molecular flexibility index (Phi) is 3.65. The number of hydrogen-bond donors (Lipinski definition) is 2. The summed E-state index contributed by atoms with van der Waals surface area (Å²) in [6.07, 6.45) is 3.20. The number of hydrogen-bond acceptors (Lipinski definition) is 4. The van der Waals surface area contributed by atoms with E-state index in [1.807, 2.05) is 0 Å². The molecule has 98 valence electrons. The molecule has 18 heavy (non-hydrogen) atoms. The van der Waals surface area contributed by atoms with E-state index in [9.17, 15) is 8.42 Å². The Morgan fingerprint density at radius 3 is 2.78 bits per heavy atom. The lowest BCUT2D eigenvalue weighted by atomic mass is 9.83. The number of pyridine rings is 1. The van der Waals surface area contributed by atoms with Gasteiger partial charge >= 0.3 is 0 Å². The van der Waals surface area contributed by atoms with Crippen molar-refractivity contribution in [3.63, 3.8) is 0 Å². The molecule has 0 atom stereocenters. The summed E-state index contributed by atoms with van der Waals surface area (Å²) in [5, 5.41) is 0. The van der Waals surface area contributed by atoms with Gasteiger partial charge in [0.05, 0.1) is 0 Å². The molecule has 1 saturated carbocycles. The molecule has 3 N–H and O–H groups in total. The van der Waals surface area contributed by atoms with E-state index < -0.39 is 10.0 Å². The number of aromatic nitrogens is 1. The average molecular weight is 285 g/mol. The maximum absolute atomic E-state index is 12.2. The van der Waals surface area contributed by atoms with Crippen molar-refractivity contribution in [1.29, 1.82) is 0 Å². The minimum atomic E-state index is -3.60. The maximum atomic E-state index is 12.2. The zero-order valence-corrected chi connectivity index (χ0v) is 11.6. The van der Waals surface area contributed by atoms with Gasteiger partial charge in [-0.2, -0.15) is 0 Å². The summed E-state index contributed by atoms with van der Waals surface area (Å²) in [4.78, 5) is 3.96. The molecular weight excluding hydrogens is 270 g/mol. The third-order valence-electron chi connectivity index (χ3n) is 2.99. The van der Waals surface area contributed by atoms with Crippen molar-refractivity contribution < 1.29 is 8.42 Å². The van der Waals surface area contributed by atoms with Crippen molar-refractivity contribution in [2.45, 2.75) is 30.7 Å². The maximum Gasteiger partial charge on any atom is 0.243 e. The van der Waals surface area contributed by atoms with E-state index >= 15 is 0 Å². The molecule has 0 aromatic carbocycles. The first-order chi connectivity index (χ1) is 8.40. The molecule has 0 unspecified atom stereocenters. The van der Waals surface area contributed by atoms with Gasteiger partial charge < -0.3 is 5.73 Å². The summed E-state index contributed by atoms with van der Waals surface area (Å²) in [5.41, 5.74) is 5.63. The van der Waals surface area contributed by atoms with E-state index in [1.165, 1.54) is 12.3 Å². The molecule has 0 radical (unpaired) electrons. The fraction of sp³-hybridized carbons (Fsp3) is 0.455. The van der Waals surface area contributed by atoms with Crippen LogP contribution in [0.25, 0.3) is 0 Å². The van der Waals surface area contributed by atoms with Gasteiger partial charge in [0.25, 0.3) is 0 Å². The molecule has 1 aromatic heterocycles. The minimum absolute atomic E-state index is 0.00408. The van der Waals surface area contributed by atoms with Crippen LogP contribution in [0.15, 0.2) is 23.2 Å².